The van der Waals surface area contributed by atoms with Gasteiger partial charge in [-0.25, -0.2) is 4.98 Å². The molecule has 82 valence electrons. The van der Waals surface area contributed by atoms with Crippen molar-refractivity contribution in [1.82, 2.24) is 9.97 Å². The molecule has 1 unspecified atom stereocenters. The van der Waals surface area contributed by atoms with E-state index in [4.69, 9.17) is 12.2 Å². The third kappa shape index (κ3) is 2.26. The Morgan fingerprint density at radius 1 is 1.60 bits per heavy atom. The Morgan fingerprint density at radius 3 is 3.00 bits per heavy atom. The predicted octanol–water partition coefficient (Wildman–Crippen LogP) is 3.58. The van der Waals surface area contributed by atoms with Gasteiger partial charge in [0.1, 0.15) is 10.5 Å². The molecule has 2 rings (SSSR count). The van der Waals surface area contributed by atoms with Crippen LogP contribution < -0.4 is 0 Å². The zero-order valence-electron chi connectivity index (χ0n) is 9.17. The molecule has 2 nitrogen and oxygen atoms in total. The van der Waals surface area contributed by atoms with E-state index in [0.717, 1.165) is 22.4 Å². The number of aryl methyl sites for hydroxylation is 1. The number of thioether (sulfide) groups is 1. The smallest absolute Gasteiger partial charge is 0.132 e. The van der Waals surface area contributed by atoms with Gasteiger partial charge in [-0.1, -0.05) is 19.1 Å². The van der Waals surface area contributed by atoms with E-state index in [1.165, 1.54) is 24.3 Å². The molecule has 0 aliphatic carbocycles. The van der Waals surface area contributed by atoms with Crippen molar-refractivity contribution < 1.29 is 0 Å². The maximum Gasteiger partial charge on any atom is 0.132 e. The Hall–Kier alpha value is -0.350. The molecule has 0 spiro atoms. The second-order valence-electron chi connectivity index (χ2n) is 3.89. The Balaban J connectivity index is 2.40. The van der Waals surface area contributed by atoms with Crippen molar-refractivity contribution in [1.29, 1.82) is 0 Å². The summed E-state index contributed by atoms with van der Waals surface area (Å²) in [6.45, 7) is 4.20. The highest BCUT2D eigenvalue weighted by atomic mass is 32.2. The van der Waals surface area contributed by atoms with Crippen LogP contribution in [0.1, 0.15) is 42.1 Å². The molecular weight excluding hydrogens is 224 g/mol. The molecular formula is C11H16N2S2. The van der Waals surface area contributed by atoms with Crippen LogP contribution in [0, 0.1) is 11.6 Å². The number of nitrogens with zero attached hydrogens (tertiary/aromatic N) is 1. The van der Waals surface area contributed by atoms with E-state index in [2.05, 4.69) is 23.8 Å². The third-order valence-electron chi connectivity index (χ3n) is 2.86. The van der Waals surface area contributed by atoms with Gasteiger partial charge in [-0.3, -0.25) is 0 Å². The van der Waals surface area contributed by atoms with Crippen LogP contribution in [0.2, 0.25) is 0 Å². The predicted molar refractivity (Wildman–Crippen MR) is 68.0 cm³/mol. The molecule has 0 amide bonds. The average Bonchev–Trinajstić information content (AvgIpc) is 2.75. The number of rotatable bonds is 2. The fourth-order valence-corrected chi connectivity index (χ4v) is 3.34. The average molecular weight is 240 g/mol. The van der Waals surface area contributed by atoms with Crippen molar-refractivity contribution in [2.24, 2.45) is 0 Å². The van der Waals surface area contributed by atoms with Crippen molar-refractivity contribution in [3.63, 3.8) is 0 Å². The molecule has 0 radical (unpaired) electrons. The van der Waals surface area contributed by atoms with Gasteiger partial charge >= 0.3 is 0 Å². The Labute approximate surface area is 99.9 Å². The van der Waals surface area contributed by atoms with E-state index in [1.807, 2.05) is 11.8 Å². The van der Waals surface area contributed by atoms with Gasteiger partial charge in [0.2, 0.25) is 0 Å². The first-order valence-corrected chi connectivity index (χ1v) is 6.89. The molecule has 4 heteroatoms. The van der Waals surface area contributed by atoms with Crippen molar-refractivity contribution >= 4 is 24.0 Å². The first-order chi connectivity index (χ1) is 7.22. The van der Waals surface area contributed by atoms with E-state index in [1.54, 1.807) is 0 Å². The number of nitrogens with one attached hydrogen (secondary N) is 1. The van der Waals surface area contributed by atoms with Crippen LogP contribution in [-0.4, -0.2) is 15.7 Å². The van der Waals surface area contributed by atoms with Crippen LogP contribution in [0.3, 0.4) is 0 Å². The van der Waals surface area contributed by atoms with Gasteiger partial charge in [0.05, 0.1) is 5.25 Å². The Morgan fingerprint density at radius 2 is 2.40 bits per heavy atom. The third-order valence-corrected chi connectivity index (χ3v) is 4.65. The summed E-state index contributed by atoms with van der Waals surface area (Å²) in [5.74, 6) is 2.34. The van der Waals surface area contributed by atoms with E-state index in [0.29, 0.717) is 5.25 Å². The van der Waals surface area contributed by atoms with Crippen molar-refractivity contribution in [2.75, 3.05) is 5.75 Å². The summed E-state index contributed by atoms with van der Waals surface area (Å²) in [6.07, 6.45) is 3.53. The lowest BCUT2D eigenvalue weighted by Crippen LogP contribution is -2.04. The largest absolute Gasteiger partial charge is 0.346 e. The van der Waals surface area contributed by atoms with Crippen molar-refractivity contribution in [2.45, 2.75) is 38.4 Å². The zero-order chi connectivity index (χ0) is 10.8. The number of aromatic nitrogens is 2. The van der Waals surface area contributed by atoms with Gasteiger partial charge in [-0.05, 0) is 31.9 Å². The summed E-state index contributed by atoms with van der Waals surface area (Å²) < 4.78 is 0.771. The van der Waals surface area contributed by atoms with E-state index < -0.39 is 0 Å². The highest BCUT2D eigenvalue weighted by Crippen LogP contribution is 2.38. The Bertz CT molecular complexity index is 406. The highest BCUT2D eigenvalue weighted by molar-refractivity contribution is 7.99. The fraction of sp³-hybridized carbons (Fsp3) is 0.636. The lowest BCUT2D eigenvalue weighted by Gasteiger charge is -2.11. The number of hydrogen-bond acceptors (Lipinski definition) is 3. The van der Waals surface area contributed by atoms with Crippen LogP contribution in [0.5, 0.6) is 0 Å². The summed E-state index contributed by atoms with van der Waals surface area (Å²) in [7, 11) is 0. The maximum atomic E-state index is 5.29. The Kier molecular flexibility index (Phi) is 3.46. The van der Waals surface area contributed by atoms with Crippen LogP contribution in [-0.2, 0) is 6.42 Å². The van der Waals surface area contributed by atoms with Crippen LogP contribution in [0.4, 0.5) is 0 Å². The quantitative estimate of drug-likeness (QED) is 0.801. The maximum absolute atomic E-state index is 5.29. The molecule has 1 aliphatic heterocycles. The van der Waals surface area contributed by atoms with E-state index in [-0.39, 0.29) is 0 Å². The van der Waals surface area contributed by atoms with Crippen molar-refractivity contribution in [3.05, 3.63) is 21.7 Å². The van der Waals surface area contributed by atoms with Gasteiger partial charge in [0.25, 0.3) is 0 Å². The minimum Gasteiger partial charge on any atom is -0.346 e. The van der Waals surface area contributed by atoms with Crippen LogP contribution >= 0.6 is 24.0 Å². The first kappa shape index (κ1) is 11.1. The molecule has 1 aromatic rings. The molecule has 1 fully saturated rings. The number of hydrogen-bond donors (Lipinski definition) is 1. The normalized spacial score (nSPS) is 20.8. The lowest BCUT2D eigenvalue weighted by molar-refractivity contribution is 0.759. The molecule has 1 atom stereocenters. The topological polar surface area (TPSA) is 28.7 Å². The van der Waals surface area contributed by atoms with Gasteiger partial charge in [-0.2, -0.15) is 11.8 Å². The molecule has 15 heavy (non-hydrogen) atoms. The van der Waals surface area contributed by atoms with E-state index >= 15 is 0 Å². The lowest BCUT2D eigenvalue weighted by atomic mass is 10.2. The summed E-state index contributed by atoms with van der Waals surface area (Å²) >= 11 is 7.28. The minimum absolute atomic E-state index is 0.539. The molecule has 1 saturated heterocycles. The summed E-state index contributed by atoms with van der Waals surface area (Å²) in [6, 6.07) is 0. The van der Waals surface area contributed by atoms with E-state index in [9.17, 15) is 0 Å². The van der Waals surface area contributed by atoms with Gasteiger partial charge in [0, 0.05) is 11.3 Å². The second kappa shape index (κ2) is 4.66. The molecule has 1 aliphatic rings. The zero-order valence-corrected chi connectivity index (χ0v) is 10.8. The molecule has 1 aromatic heterocycles. The first-order valence-electron chi connectivity index (χ1n) is 5.43. The summed E-state index contributed by atoms with van der Waals surface area (Å²) in [5.41, 5.74) is 2.39. The SMILES string of the molecule is CCc1[nH]c(C2CCCS2)nc(=S)c1C. The van der Waals surface area contributed by atoms with Crippen LogP contribution in [0.15, 0.2) is 0 Å². The molecule has 2 heterocycles. The van der Waals surface area contributed by atoms with Gasteiger partial charge < -0.3 is 4.98 Å². The minimum atomic E-state index is 0.539. The van der Waals surface area contributed by atoms with Crippen LogP contribution in [0.25, 0.3) is 0 Å². The number of H-pyrrole nitrogens is 1. The summed E-state index contributed by atoms with van der Waals surface area (Å²) in [4.78, 5) is 7.95. The number of aromatic amines is 1. The van der Waals surface area contributed by atoms with Gasteiger partial charge in [-0.15, -0.1) is 0 Å². The molecule has 0 saturated carbocycles. The molecule has 0 bridgehead atoms. The monoisotopic (exact) mass is 240 g/mol. The second-order valence-corrected chi connectivity index (χ2v) is 5.58. The fourth-order valence-electron chi connectivity index (χ4n) is 1.90. The van der Waals surface area contributed by atoms with Gasteiger partial charge in [0.15, 0.2) is 0 Å². The highest BCUT2D eigenvalue weighted by Gasteiger charge is 2.20. The molecule has 1 N–H and O–H groups in total. The molecule has 0 aromatic carbocycles. The van der Waals surface area contributed by atoms with Crippen molar-refractivity contribution in [3.8, 4) is 0 Å². The summed E-state index contributed by atoms with van der Waals surface area (Å²) in [5, 5.41) is 0.539. The standard InChI is InChI=1S/C11H16N2S2/c1-3-8-7(2)11(14)13-10(12-8)9-5-4-6-15-9/h9H,3-6H2,1-2H3,(H,12,13,14).